The Bertz CT molecular complexity index is 1340. The van der Waals surface area contributed by atoms with Crippen LogP contribution in [0.25, 0.3) is 11.3 Å². The summed E-state index contributed by atoms with van der Waals surface area (Å²) in [7, 11) is 3.44. The number of ether oxygens (including phenoxy) is 1. The first kappa shape index (κ1) is 29.3. The number of benzene rings is 1. The molecule has 0 bridgehead atoms. The molecule has 1 amide bonds. The number of hydrogen-bond donors (Lipinski definition) is 2. The maximum Gasteiger partial charge on any atom is 0.305 e. The van der Waals surface area contributed by atoms with Crippen LogP contribution in [-0.2, 0) is 20.7 Å². The Balaban J connectivity index is 1.48. The molecule has 1 aliphatic heterocycles. The summed E-state index contributed by atoms with van der Waals surface area (Å²) in [6.45, 7) is 4.58. The van der Waals surface area contributed by atoms with Crippen molar-refractivity contribution >= 4 is 40.7 Å². The molecule has 0 radical (unpaired) electrons. The van der Waals surface area contributed by atoms with Gasteiger partial charge in [0.15, 0.2) is 0 Å². The Morgan fingerprint density at radius 3 is 2.65 bits per heavy atom. The van der Waals surface area contributed by atoms with Gasteiger partial charge >= 0.3 is 5.97 Å². The number of likely N-dealkylation sites (N-methyl/N-ethyl adjacent to an activating group) is 1. The minimum absolute atomic E-state index is 0.114. The number of aromatic nitrogens is 3. The molecule has 1 fully saturated rings. The summed E-state index contributed by atoms with van der Waals surface area (Å²) in [4.78, 5) is 33.0. The van der Waals surface area contributed by atoms with Crippen molar-refractivity contribution in [3.63, 3.8) is 0 Å². The summed E-state index contributed by atoms with van der Waals surface area (Å²) in [5.74, 6) is -0.504. The molecule has 10 nitrogen and oxygen atoms in total. The highest BCUT2D eigenvalue weighted by Crippen LogP contribution is 2.29. The lowest BCUT2D eigenvalue weighted by Gasteiger charge is -2.32. The highest BCUT2D eigenvalue weighted by molar-refractivity contribution is 6.30. The predicted octanol–water partition coefficient (Wildman–Crippen LogP) is 4.15. The van der Waals surface area contributed by atoms with Crippen LogP contribution in [0.4, 0.5) is 21.6 Å². The van der Waals surface area contributed by atoms with E-state index >= 15 is 0 Å². The number of nitrogens with one attached hydrogen (secondary N) is 2. The topological polar surface area (TPSA) is 113 Å². The van der Waals surface area contributed by atoms with Gasteiger partial charge in [-0.2, -0.15) is 5.10 Å². The fourth-order valence-electron chi connectivity index (χ4n) is 4.31. The molecule has 212 valence electrons. The van der Waals surface area contributed by atoms with Gasteiger partial charge in [-0.1, -0.05) is 11.6 Å². The van der Waals surface area contributed by atoms with E-state index in [9.17, 15) is 14.0 Å². The van der Waals surface area contributed by atoms with E-state index in [-0.39, 0.29) is 23.9 Å². The van der Waals surface area contributed by atoms with Gasteiger partial charge in [0.25, 0.3) is 0 Å². The third-order valence-electron chi connectivity index (χ3n) is 6.65. The van der Waals surface area contributed by atoms with E-state index in [4.69, 9.17) is 16.3 Å². The number of carbonyl (C=O) groups is 2. The highest BCUT2D eigenvalue weighted by Gasteiger charge is 2.16. The summed E-state index contributed by atoms with van der Waals surface area (Å²) in [5.41, 5.74) is 2.32. The number of esters is 1. The Morgan fingerprint density at radius 1 is 1.07 bits per heavy atom. The zero-order chi connectivity index (χ0) is 28.5. The summed E-state index contributed by atoms with van der Waals surface area (Å²) < 4.78 is 19.3. The first-order chi connectivity index (χ1) is 19.3. The van der Waals surface area contributed by atoms with E-state index in [2.05, 4.69) is 42.7 Å². The van der Waals surface area contributed by atoms with Gasteiger partial charge in [0.05, 0.1) is 24.2 Å². The fourth-order valence-corrected chi connectivity index (χ4v) is 4.48. The molecule has 0 spiro atoms. The van der Waals surface area contributed by atoms with Crippen molar-refractivity contribution in [2.75, 3.05) is 57.5 Å². The molecule has 1 aliphatic rings. The normalized spacial score (nSPS) is 14.1. The molecule has 40 heavy (non-hydrogen) atoms. The molecule has 12 heteroatoms. The quantitative estimate of drug-likeness (QED) is 0.329. The van der Waals surface area contributed by atoms with Crippen molar-refractivity contribution in [3.05, 3.63) is 59.1 Å². The van der Waals surface area contributed by atoms with Gasteiger partial charge in [-0.3, -0.25) is 9.59 Å². The van der Waals surface area contributed by atoms with Gasteiger partial charge in [0.1, 0.15) is 11.6 Å². The van der Waals surface area contributed by atoms with Crippen LogP contribution in [0.3, 0.4) is 0 Å². The van der Waals surface area contributed by atoms with Gasteiger partial charge in [0, 0.05) is 74.1 Å². The zero-order valence-corrected chi connectivity index (χ0v) is 23.4. The largest absolute Gasteiger partial charge is 0.469 e. The van der Waals surface area contributed by atoms with Crippen molar-refractivity contribution in [2.45, 2.75) is 25.7 Å². The number of piperazine rings is 1. The number of anilines is 3. The van der Waals surface area contributed by atoms with E-state index in [1.165, 1.54) is 25.3 Å². The smallest absolute Gasteiger partial charge is 0.305 e. The van der Waals surface area contributed by atoms with Crippen LogP contribution in [0.5, 0.6) is 0 Å². The summed E-state index contributed by atoms with van der Waals surface area (Å²) in [6.07, 6.45) is 3.11. The van der Waals surface area contributed by atoms with Crippen LogP contribution in [0.1, 0.15) is 25.0 Å². The van der Waals surface area contributed by atoms with Crippen molar-refractivity contribution in [1.82, 2.24) is 25.0 Å². The molecule has 2 N–H and O–H groups in total. The molecular weight excluding hydrogens is 537 g/mol. The van der Waals surface area contributed by atoms with Crippen LogP contribution in [0, 0.1) is 5.82 Å². The third-order valence-corrected chi connectivity index (χ3v) is 6.89. The fraction of sp³-hybridized carbons (Fsp3) is 0.393. The van der Waals surface area contributed by atoms with E-state index < -0.39 is 5.82 Å². The second kappa shape index (κ2) is 14.1. The molecule has 1 aromatic carbocycles. The van der Waals surface area contributed by atoms with E-state index in [0.29, 0.717) is 59.4 Å². The van der Waals surface area contributed by atoms with Crippen molar-refractivity contribution < 1.29 is 18.7 Å². The first-order valence-electron chi connectivity index (χ1n) is 13.1. The minimum Gasteiger partial charge on any atom is -0.469 e. The summed E-state index contributed by atoms with van der Waals surface area (Å²) in [6, 6.07) is 9.38. The molecule has 4 rings (SSSR count). The van der Waals surface area contributed by atoms with Crippen molar-refractivity contribution in [1.29, 1.82) is 0 Å². The second-order valence-corrected chi connectivity index (χ2v) is 10.1. The van der Waals surface area contributed by atoms with Crippen LogP contribution < -0.4 is 10.6 Å². The van der Waals surface area contributed by atoms with Crippen LogP contribution in [-0.4, -0.2) is 83.7 Å². The van der Waals surface area contributed by atoms with E-state index in [1.807, 2.05) is 0 Å². The maximum absolute atomic E-state index is 14.6. The van der Waals surface area contributed by atoms with Gasteiger partial charge in [0.2, 0.25) is 5.91 Å². The van der Waals surface area contributed by atoms with Gasteiger partial charge in [-0.15, -0.1) is 5.10 Å². The number of carbonyl (C=O) groups excluding carboxylic acids is 2. The van der Waals surface area contributed by atoms with Gasteiger partial charge in [-0.25, -0.2) is 9.37 Å². The molecule has 0 saturated carbocycles. The predicted molar refractivity (Wildman–Crippen MR) is 152 cm³/mol. The number of halogens is 2. The molecule has 3 aromatic rings. The lowest BCUT2D eigenvalue weighted by atomic mass is 10.1. The molecule has 0 aliphatic carbocycles. The Labute approximate surface area is 237 Å². The first-order valence-corrected chi connectivity index (χ1v) is 13.5. The Morgan fingerprint density at radius 2 is 1.88 bits per heavy atom. The Kier molecular flexibility index (Phi) is 10.3. The number of rotatable bonds is 11. The molecule has 3 heterocycles. The lowest BCUT2D eigenvalue weighted by Crippen LogP contribution is -2.45. The van der Waals surface area contributed by atoms with Gasteiger partial charge in [-0.05, 0) is 50.2 Å². The summed E-state index contributed by atoms with van der Waals surface area (Å²) in [5, 5.41) is 15.1. The summed E-state index contributed by atoms with van der Waals surface area (Å²) >= 11 is 6.09. The van der Waals surface area contributed by atoms with E-state index in [0.717, 1.165) is 26.2 Å². The van der Waals surface area contributed by atoms with Crippen LogP contribution >= 0.6 is 11.6 Å². The SMILES string of the molecule is COC(=O)CCCc1nnc(-c2cc(Cl)ccc2F)cc1Nc1ccnc(NC(=O)CCN2CCN(C)CC2)c1. The molecule has 1 saturated heterocycles. The van der Waals surface area contributed by atoms with E-state index in [1.54, 1.807) is 24.4 Å². The molecule has 2 aromatic heterocycles. The average Bonchev–Trinajstić information content (AvgIpc) is 2.95. The highest BCUT2D eigenvalue weighted by atomic mass is 35.5. The minimum atomic E-state index is -0.478. The molecule has 0 atom stereocenters. The monoisotopic (exact) mass is 569 g/mol. The number of amides is 1. The zero-order valence-electron chi connectivity index (χ0n) is 22.6. The standard InChI is InChI=1S/C28H33ClFN7O3/c1-36-12-14-37(15-13-36)11-9-27(38)33-26-17-20(8-10-31-26)32-25-18-24(21-16-19(29)6-7-22(21)30)35-34-23(25)4-3-5-28(39)40-2/h6-8,10,16-18H,3-5,9,11-15H2,1-2H3,(H2,31,32,33,35,38). The van der Waals surface area contributed by atoms with Gasteiger partial charge < -0.3 is 25.2 Å². The number of nitrogens with zero attached hydrogens (tertiary/aromatic N) is 5. The maximum atomic E-state index is 14.6. The Hall–Kier alpha value is -3.67. The lowest BCUT2D eigenvalue weighted by molar-refractivity contribution is -0.140. The number of methoxy groups -OCH3 is 1. The third kappa shape index (κ3) is 8.41. The average molecular weight is 570 g/mol. The second-order valence-electron chi connectivity index (χ2n) is 9.64. The molecular formula is C28H33ClFN7O3. The van der Waals surface area contributed by atoms with Crippen LogP contribution in [0.2, 0.25) is 5.02 Å². The van der Waals surface area contributed by atoms with Crippen molar-refractivity contribution in [2.24, 2.45) is 0 Å². The number of aryl methyl sites for hydroxylation is 1. The van der Waals surface area contributed by atoms with Crippen LogP contribution in [0.15, 0.2) is 42.6 Å². The number of pyridine rings is 1. The number of hydrogen-bond acceptors (Lipinski definition) is 9. The molecule has 0 unspecified atom stereocenters. The van der Waals surface area contributed by atoms with Crippen molar-refractivity contribution in [3.8, 4) is 11.3 Å².